The molecule has 1 aromatic carbocycles. The maximum atomic E-state index is 13.3. The van der Waals surface area contributed by atoms with Gasteiger partial charge >= 0.3 is 0 Å². The number of nitrogens with zero attached hydrogens (tertiary/aromatic N) is 4. The minimum Gasteiger partial charge on any atom is -0.369 e. The lowest BCUT2D eigenvalue weighted by atomic mass is 10.2. The molecule has 0 saturated carbocycles. The van der Waals surface area contributed by atoms with Crippen molar-refractivity contribution in [1.82, 2.24) is 19.5 Å². The van der Waals surface area contributed by atoms with Crippen LogP contribution < -0.4 is 11.5 Å². The third kappa shape index (κ3) is 2.33. The van der Waals surface area contributed by atoms with E-state index in [2.05, 4.69) is 15.0 Å². The zero-order valence-electron chi connectivity index (χ0n) is 10.5. The van der Waals surface area contributed by atoms with Gasteiger partial charge in [-0.1, -0.05) is 17.7 Å². The summed E-state index contributed by atoms with van der Waals surface area (Å²) in [4.78, 5) is 11.9. The summed E-state index contributed by atoms with van der Waals surface area (Å²) >= 11 is 5.92. The molecule has 9 heteroatoms. The SMILES string of the molecule is Nc1nc(Cl)c2nc(N)n(Cc3ccc(F)c(F)c3)c2n1. The minimum atomic E-state index is -0.942. The summed E-state index contributed by atoms with van der Waals surface area (Å²) in [7, 11) is 0. The maximum absolute atomic E-state index is 13.3. The Morgan fingerprint density at radius 3 is 2.57 bits per heavy atom. The van der Waals surface area contributed by atoms with Crippen LogP contribution in [0.5, 0.6) is 0 Å². The van der Waals surface area contributed by atoms with Crippen LogP contribution in [0, 0.1) is 11.6 Å². The molecule has 0 saturated heterocycles. The Hall–Kier alpha value is -2.48. The number of rotatable bonds is 2. The molecule has 2 heterocycles. The van der Waals surface area contributed by atoms with Crippen molar-refractivity contribution in [3.8, 4) is 0 Å². The number of nitrogen functional groups attached to an aromatic ring is 2. The lowest BCUT2D eigenvalue weighted by Crippen LogP contribution is -2.07. The fourth-order valence-electron chi connectivity index (χ4n) is 1.98. The van der Waals surface area contributed by atoms with Gasteiger partial charge in [0.15, 0.2) is 22.4 Å². The Bertz CT molecular complexity index is 847. The first kappa shape index (κ1) is 13.5. The molecule has 0 aliphatic carbocycles. The fraction of sp³-hybridized carbons (Fsp3) is 0.0833. The second-order valence-electron chi connectivity index (χ2n) is 4.35. The predicted molar refractivity (Wildman–Crippen MR) is 74.6 cm³/mol. The quantitative estimate of drug-likeness (QED) is 0.705. The van der Waals surface area contributed by atoms with Crippen molar-refractivity contribution in [1.29, 1.82) is 0 Å². The summed E-state index contributed by atoms with van der Waals surface area (Å²) in [6.45, 7) is 0.145. The van der Waals surface area contributed by atoms with Crippen LogP contribution in [0.1, 0.15) is 5.56 Å². The lowest BCUT2D eigenvalue weighted by molar-refractivity contribution is 0.506. The van der Waals surface area contributed by atoms with E-state index in [9.17, 15) is 8.78 Å². The Morgan fingerprint density at radius 2 is 1.86 bits per heavy atom. The number of fused-ring (bicyclic) bond motifs is 1. The first-order valence-corrected chi connectivity index (χ1v) is 6.22. The molecule has 6 nitrogen and oxygen atoms in total. The summed E-state index contributed by atoms with van der Waals surface area (Å²) in [5.74, 6) is -1.77. The van der Waals surface area contributed by atoms with E-state index in [1.54, 1.807) is 0 Å². The van der Waals surface area contributed by atoms with Gasteiger partial charge in [-0.2, -0.15) is 9.97 Å². The lowest BCUT2D eigenvalue weighted by Gasteiger charge is -2.06. The maximum Gasteiger partial charge on any atom is 0.223 e. The van der Waals surface area contributed by atoms with E-state index in [-0.39, 0.29) is 23.6 Å². The normalized spacial score (nSPS) is 11.2. The van der Waals surface area contributed by atoms with Gasteiger partial charge < -0.3 is 11.5 Å². The molecule has 0 atom stereocenters. The molecule has 3 aromatic rings. The first-order valence-electron chi connectivity index (χ1n) is 5.84. The standard InChI is InChI=1S/C12H9ClF2N6/c13-9-8-10(20-11(16)19-9)21(12(17)18-8)4-5-1-2-6(14)7(15)3-5/h1-3H,4H2,(H2,17,18)(H2,16,19,20). The molecule has 0 aliphatic heterocycles. The van der Waals surface area contributed by atoms with E-state index in [1.807, 2.05) is 0 Å². The van der Waals surface area contributed by atoms with E-state index < -0.39 is 11.6 Å². The number of imidazole rings is 1. The Morgan fingerprint density at radius 1 is 1.10 bits per heavy atom. The molecule has 108 valence electrons. The number of anilines is 2. The van der Waals surface area contributed by atoms with Gasteiger partial charge in [-0.25, -0.2) is 13.8 Å². The molecule has 4 N–H and O–H groups in total. The molecular formula is C12H9ClF2N6. The van der Waals surface area contributed by atoms with Gasteiger partial charge in [-0.15, -0.1) is 0 Å². The van der Waals surface area contributed by atoms with Crippen LogP contribution in [-0.2, 0) is 6.54 Å². The highest BCUT2D eigenvalue weighted by molar-refractivity contribution is 6.33. The number of halogens is 3. The summed E-state index contributed by atoms with van der Waals surface area (Å²) in [5, 5.41) is 0.0771. The van der Waals surface area contributed by atoms with Crippen molar-refractivity contribution in [2.75, 3.05) is 11.5 Å². The van der Waals surface area contributed by atoms with E-state index in [4.69, 9.17) is 23.1 Å². The Balaban J connectivity index is 2.11. The molecule has 0 amide bonds. The van der Waals surface area contributed by atoms with Crippen LogP contribution in [0.2, 0.25) is 5.15 Å². The van der Waals surface area contributed by atoms with Gasteiger partial charge in [0.1, 0.15) is 5.52 Å². The summed E-state index contributed by atoms with van der Waals surface area (Å²) in [5.41, 5.74) is 12.5. The predicted octanol–water partition coefficient (Wildman–Crippen LogP) is 1.97. The van der Waals surface area contributed by atoms with E-state index in [0.717, 1.165) is 12.1 Å². The van der Waals surface area contributed by atoms with Crippen LogP contribution in [0.4, 0.5) is 20.7 Å². The highest BCUT2D eigenvalue weighted by Gasteiger charge is 2.15. The highest BCUT2D eigenvalue weighted by Crippen LogP contribution is 2.24. The van der Waals surface area contributed by atoms with Gasteiger partial charge in [-0.05, 0) is 17.7 Å². The molecule has 0 aliphatic rings. The van der Waals surface area contributed by atoms with Crippen LogP contribution in [0.3, 0.4) is 0 Å². The molecule has 0 bridgehead atoms. The summed E-state index contributed by atoms with van der Waals surface area (Å²) < 4.78 is 27.7. The molecule has 0 fully saturated rings. The van der Waals surface area contributed by atoms with Gasteiger partial charge in [0, 0.05) is 0 Å². The van der Waals surface area contributed by atoms with E-state index >= 15 is 0 Å². The molecular weight excluding hydrogens is 302 g/mol. The Labute approximate surface area is 122 Å². The fourth-order valence-corrected chi connectivity index (χ4v) is 2.19. The number of hydrogen-bond acceptors (Lipinski definition) is 5. The number of benzene rings is 1. The van der Waals surface area contributed by atoms with Crippen molar-refractivity contribution in [3.05, 3.63) is 40.6 Å². The van der Waals surface area contributed by atoms with Crippen LogP contribution in [-0.4, -0.2) is 19.5 Å². The first-order chi connectivity index (χ1) is 9.95. The highest BCUT2D eigenvalue weighted by atomic mass is 35.5. The average molecular weight is 311 g/mol. The van der Waals surface area contributed by atoms with Crippen molar-refractivity contribution in [2.45, 2.75) is 6.54 Å². The van der Waals surface area contributed by atoms with Crippen molar-refractivity contribution in [3.63, 3.8) is 0 Å². The smallest absolute Gasteiger partial charge is 0.223 e. The van der Waals surface area contributed by atoms with Gasteiger partial charge in [-0.3, -0.25) is 4.57 Å². The van der Waals surface area contributed by atoms with E-state index in [0.29, 0.717) is 16.7 Å². The summed E-state index contributed by atoms with van der Waals surface area (Å²) in [6, 6.07) is 3.55. The molecule has 0 radical (unpaired) electrons. The second-order valence-corrected chi connectivity index (χ2v) is 4.71. The largest absolute Gasteiger partial charge is 0.369 e. The number of aromatic nitrogens is 4. The zero-order chi connectivity index (χ0) is 15.1. The topological polar surface area (TPSA) is 95.6 Å². The van der Waals surface area contributed by atoms with Crippen molar-refractivity contribution < 1.29 is 8.78 Å². The van der Waals surface area contributed by atoms with Crippen LogP contribution in [0.15, 0.2) is 18.2 Å². The van der Waals surface area contributed by atoms with Crippen molar-refractivity contribution in [2.24, 2.45) is 0 Å². The Kier molecular flexibility index (Phi) is 3.09. The molecule has 2 aromatic heterocycles. The third-order valence-corrected chi connectivity index (χ3v) is 3.19. The number of nitrogens with two attached hydrogens (primary N) is 2. The summed E-state index contributed by atoms with van der Waals surface area (Å²) in [6.07, 6.45) is 0. The minimum absolute atomic E-state index is 0.0288. The molecule has 3 rings (SSSR count). The second kappa shape index (κ2) is 4.81. The zero-order valence-corrected chi connectivity index (χ0v) is 11.3. The third-order valence-electron chi connectivity index (χ3n) is 2.92. The molecule has 21 heavy (non-hydrogen) atoms. The molecule has 0 unspecified atom stereocenters. The average Bonchev–Trinajstić information content (AvgIpc) is 2.72. The van der Waals surface area contributed by atoms with Gasteiger partial charge in [0.25, 0.3) is 0 Å². The van der Waals surface area contributed by atoms with Gasteiger partial charge in [0.2, 0.25) is 11.9 Å². The van der Waals surface area contributed by atoms with Gasteiger partial charge in [0.05, 0.1) is 6.54 Å². The molecule has 0 spiro atoms. The van der Waals surface area contributed by atoms with E-state index in [1.165, 1.54) is 10.6 Å². The number of hydrogen-bond donors (Lipinski definition) is 2. The van der Waals surface area contributed by atoms with Crippen molar-refractivity contribution >= 4 is 34.7 Å². The van der Waals surface area contributed by atoms with Crippen LogP contribution in [0.25, 0.3) is 11.2 Å². The monoisotopic (exact) mass is 310 g/mol. The van der Waals surface area contributed by atoms with Crippen LogP contribution >= 0.6 is 11.6 Å².